The van der Waals surface area contributed by atoms with Crippen molar-refractivity contribution in [2.75, 3.05) is 0 Å². The van der Waals surface area contributed by atoms with Gasteiger partial charge in [-0.15, -0.1) is 0 Å². The van der Waals surface area contributed by atoms with Gasteiger partial charge in [-0.05, 0) is 48.2 Å². The first-order chi connectivity index (χ1) is 15.4. The van der Waals surface area contributed by atoms with Crippen LogP contribution in [0.15, 0.2) is 103 Å². The van der Waals surface area contributed by atoms with Gasteiger partial charge in [0.2, 0.25) is 11.4 Å². The minimum absolute atomic E-state index is 0.540. The monoisotopic (exact) mass is 404 g/mol. The van der Waals surface area contributed by atoms with Gasteiger partial charge in [0.15, 0.2) is 6.04 Å². The number of nitrogens with zero attached hydrogens (tertiary/aromatic N) is 1. The summed E-state index contributed by atoms with van der Waals surface area (Å²) in [6.45, 7) is 0. The molecule has 1 saturated carbocycles. The Balaban J connectivity index is 1.79. The zero-order valence-corrected chi connectivity index (χ0v) is 18.1. The Morgan fingerprint density at radius 1 is 0.452 bits per heavy atom. The van der Waals surface area contributed by atoms with Crippen molar-refractivity contribution in [2.45, 2.75) is 44.6 Å². The average Bonchev–Trinajstić information content (AvgIpc) is 3.14. The van der Waals surface area contributed by atoms with Gasteiger partial charge in [0.05, 0.1) is 0 Å². The first-order valence-corrected chi connectivity index (χ1v) is 11.7. The normalized spacial score (nSPS) is 14.8. The third-order valence-electron chi connectivity index (χ3n) is 6.54. The molecule has 1 heteroatoms. The summed E-state index contributed by atoms with van der Waals surface area (Å²) in [6.07, 6.45) is 7.88. The van der Waals surface area contributed by atoms with Gasteiger partial charge in [0, 0.05) is 36.1 Å². The van der Waals surface area contributed by atoms with E-state index >= 15 is 0 Å². The van der Waals surface area contributed by atoms with Crippen molar-refractivity contribution >= 4 is 0 Å². The SMILES string of the molecule is c1ccc(-c2cc(-c3ccccc3)[n+](C3CCCCCC3)c(-c3ccccc3)c2)cc1. The van der Waals surface area contributed by atoms with E-state index in [-0.39, 0.29) is 0 Å². The summed E-state index contributed by atoms with van der Waals surface area (Å²) in [5.41, 5.74) is 7.79. The molecule has 4 aromatic rings. The van der Waals surface area contributed by atoms with Gasteiger partial charge in [-0.1, -0.05) is 79.6 Å². The van der Waals surface area contributed by atoms with Gasteiger partial charge in [0.1, 0.15) is 0 Å². The molecule has 0 spiro atoms. The van der Waals surface area contributed by atoms with Crippen LogP contribution in [0.1, 0.15) is 44.6 Å². The highest BCUT2D eigenvalue weighted by atomic mass is 15.0. The molecule has 3 aromatic carbocycles. The molecule has 5 rings (SSSR count). The lowest BCUT2D eigenvalue weighted by Gasteiger charge is -2.19. The fourth-order valence-electron chi connectivity index (χ4n) is 4.97. The minimum Gasteiger partial charge on any atom is -0.189 e. The second-order valence-electron chi connectivity index (χ2n) is 8.63. The van der Waals surface area contributed by atoms with Crippen LogP contribution in [-0.4, -0.2) is 0 Å². The molecule has 1 aliphatic carbocycles. The summed E-state index contributed by atoms with van der Waals surface area (Å²) in [5, 5.41) is 0. The van der Waals surface area contributed by atoms with E-state index in [4.69, 9.17) is 0 Å². The van der Waals surface area contributed by atoms with Gasteiger partial charge in [-0.25, -0.2) is 0 Å². The number of aromatic nitrogens is 1. The van der Waals surface area contributed by atoms with Gasteiger partial charge < -0.3 is 0 Å². The molecule has 0 atom stereocenters. The molecule has 0 saturated heterocycles. The molecule has 154 valence electrons. The molecule has 0 bridgehead atoms. The molecular formula is C30H30N+. The number of hydrogen-bond acceptors (Lipinski definition) is 0. The van der Waals surface area contributed by atoms with Crippen LogP contribution in [0.3, 0.4) is 0 Å². The molecule has 0 unspecified atom stereocenters. The van der Waals surface area contributed by atoms with Crippen LogP contribution >= 0.6 is 0 Å². The highest BCUT2D eigenvalue weighted by Crippen LogP contribution is 2.33. The Morgan fingerprint density at radius 2 is 0.871 bits per heavy atom. The van der Waals surface area contributed by atoms with Crippen LogP contribution in [0.25, 0.3) is 33.6 Å². The largest absolute Gasteiger partial charge is 0.213 e. The molecule has 0 amide bonds. The Kier molecular flexibility index (Phi) is 5.93. The van der Waals surface area contributed by atoms with Gasteiger partial charge in [-0.2, -0.15) is 4.57 Å². The fourth-order valence-corrected chi connectivity index (χ4v) is 4.97. The maximum absolute atomic E-state index is 2.66. The van der Waals surface area contributed by atoms with Crippen LogP contribution in [0.5, 0.6) is 0 Å². The molecule has 31 heavy (non-hydrogen) atoms. The molecule has 1 heterocycles. The highest BCUT2D eigenvalue weighted by molar-refractivity contribution is 5.73. The summed E-state index contributed by atoms with van der Waals surface area (Å²) in [6, 6.07) is 38.0. The minimum atomic E-state index is 0.540. The van der Waals surface area contributed by atoms with E-state index in [0.29, 0.717) is 6.04 Å². The van der Waals surface area contributed by atoms with Gasteiger partial charge >= 0.3 is 0 Å². The lowest BCUT2D eigenvalue weighted by atomic mass is 9.96. The number of rotatable bonds is 4. The standard InChI is InChI=1S/C30H30N/c1-2-13-21-28(20-12-1)31-29(25-16-8-4-9-17-25)22-27(24-14-6-3-7-15-24)23-30(31)26-18-10-5-11-19-26/h3-11,14-19,22-23,28H,1-2,12-13,20-21H2/q+1. The lowest BCUT2D eigenvalue weighted by molar-refractivity contribution is -0.703. The molecule has 1 nitrogen and oxygen atoms in total. The quantitative estimate of drug-likeness (QED) is 0.241. The smallest absolute Gasteiger partial charge is 0.189 e. The molecule has 1 aliphatic rings. The Bertz CT molecular complexity index is 1050. The molecule has 0 aliphatic heterocycles. The molecule has 0 N–H and O–H groups in total. The number of hydrogen-bond donors (Lipinski definition) is 0. The Hall–Kier alpha value is -3.19. The van der Waals surface area contributed by atoms with Crippen molar-refractivity contribution in [3.63, 3.8) is 0 Å². The first kappa shape index (κ1) is 19.8. The highest BCUT2D eigenvalue weighted by Gasteiger charge is 2.30. The van der Waals surface area contributed by atoms with E-state index in [2.05, 4.69) is 108 Å². The van der Waals surface area contributed by atoms with Crippen molar-refractivity contribution < 1.29 is 4.57 Å². The van der Waals surface area contributed by atoms with Crippen LogP contribution in [-0.2, 0) is 0 Å². The van der Waals surface area contributed by atoms with Crippen molar-refractivity contribution in [3.05, 3.63) is 103 Å². The van der Waals surface area contributed by atoms with Gasteiger partial charge in [0.25, 0.3) is 0 Å². The fraction of sp³-hybridized carbons (Fsp3) is 0.233. The van der Waals surface area contributed by atoms with Crippen molar-refractivity contribution in [1.29, 1.82) is 0 Å². The predicted molar refractivity (Wildman–Crippen MR) is 130 cm³/mol. The summed E-state index contributed by atoms with van der Waals surface area (Å²) in [5.74, 6) is 0. The molecule has 1 aromatic heterocycles. The summed E-state index contributed by atoms with van der Waals surface area (Å²) in [7, 11) is 0. The van der Waals surface area contributed by atoms with Crippen LogP contribution in [0.2, 0.25) is 0 Å². The van der Waals surface area contributed by atoms with Crippen LogP contribution < -0.4 is 4.57 Å². The summed E-state index contributed by atoms with van der Waals surface area (Å²) >= 11 is 0. The van der Waals surface area contributed by atoms with Crippen molar-refractivity contribution in [3.8, 4) is 33.6 Å². The van der Waals surface area contributed by atoms with Crippen molar-refractivity contribution in [2.24, 2.45) is 0 Å². The number of pyridine rings is 1. The Labute approximate surface area is 186 Å². The Morgan fingerprint density at radius 3 is 1.32 bits per heavy atom. The summed E-state index contributed by atoms with van der Waals surface area (Å²) in [4.78, 5) is 0. The second-order valence-corrected chi connectivity index (χ2v) is 8.63. The van der Waals surface area contributed by atoms with Crippen LogP contribution in [0.4, 0.5) is 0 Å². The zero-order chi connectivity index (χ0) is 20.9. The maximum Gasteiger partial charge on any atom is 0.213 e. The van der Waals surface area contributed by atoms with E-state index in [1.54, 1.807) is 0 Å². The summed E-state index contributed by atoms with van der Waals surface area (Å²) < 4.78 is 2.66. The van der Waals surface area contributed by atoms with E-state index in [1.807, 2.05) is 0 Å². The maximum atomic E-state index is 2.66. The zero-order valence-electron chi connectivity index (χ0n) is 18.1. The first-order valence-electron chi connectivity index (χ1n) is 11.7. The molecule has 0 radical (unpaired) electrons. The third kappa shape index (κ3) is 4.32. The van der Waals surface area contributed by atoms with E-state index < -0.39 is 0 Å². The average molecular weight is 405 g/mol. The van der Waals surface area contributed by atoms with E-state index in [9.17, 15) is 0 Å². The van der Waals surface area contributed by atoms with E-state index in [1.165, 1.54) is 72.2 Å². The topological polar surface area (TPSA) is 3.88 Å². The van der Waals surface area contributed by atoms with Crippen molar-refractivity contribution in [1.82, 2.24) is 0 Å². The lowest BCUT2D eigenvalue weighted by Crippen LogP contribution is -2.43. The number of benzene rings is 3. The van der Waals surface area contributed by atoms with E-state index in [0.717, 1.165) is 0 Å². The third-order valence-corrected chi connectivity index (χ3v) is 6.54. The van der Waals surface area contributed by atoms with Gasteiger partial charge in [-0.3, -0.25) is 0 Å². The second kappa shape index (κ2) is 9.31. The van der Waals surface area contributed by atoms with Crippen LogP contribution in [0, 0.1) is 0 Å². The molecule has 1 fully saturated rings. The predicted octanol–water partition coefficient (Wildman–Crippen LogP) is 7.87. The molecular weight excluding hydrogens is 374 g/mol.